The second-order valence-electron chi connectivity index (χ2n) is 7.81. The van der Waals surface area contributed by atoms with E-state index in [1.807, 2.05) is 60.0 Å². The van der Waals surface area contributed by atoms with Crippen LogP contribution < -0.4 is 4.74 Å². The molecule has 5 rings (SSSR count). The summed E-state index contributed by atoms with van der Waals surface area (Å²) in [6.07, 6.45) is 0.125. The Hall–Kier alpha value is -3.91. The van der Waals surface area contributed by atoms with E-state index in [0.717, 1.165) is 38.4 Å². The number of esters is 1. The SMILES string of the molecule is COc1ccc(-c2[nH]c3ccccc3c2CCC(=O)OC(C)c2nnc(-c3cccs3)o2)cc1. The van der Waals surface area contributed by atoms with Crippen LogP contribution in [0, 0.1) is 0 Å². The van der Waals surface area contributed by atoms with Crippen LogP contribution in [-0.4, -0.2) is 28.3 Å². The predicted molar refractivity (Wildman–Crippen MR) is 131 cm³/mol. The van der Waals surface area contributed by atoms with Gasteiger partial charge < -0.3 is 18.9 Å². The first kappa shape index (κ1) is 21.9. The van der Waals surface area contributed by atoms with Crippen molar-refractivity contribution < 1.29 is 18.7 Å². The molecule has 0 amide bonds. The Morgan fingerprint density at radius 2 is 1.91 bits per heavy atom. The van der Waals surface area contributed by atoms with Crippen LogP contribution in [-0.2, 0) is 16.0 Å². The molecular weight excluding hydrogens is 450 g/mol. The summed E-state index contributed by atoms with van der Waals surface area (Å²) in [6.45, 7) is 1.73. The summed E-state index contributed by atoms with van der Waals surface area (Å²) in [4.78, 5) is 17.1. The number of rotatable bonds is 8. The highest BCUT2D eigenvalue weighted by Crippen LogP contribution is 2.32. The number of nitrogens with zero attached hydrogens (tertiary/aromatic N) is 2. The monoisotopic (exact) mass is 473 g/mol. The largest absolute Gasteiger partial charge is 0.497 e. The number of hydrogen-bond acceptors (Lipinski definition) is 7. The number of nitrogens with one attached hydrogen (secondary N) is 1. The number of fused-ring (bicyclic) bond motifs is 1. The first-order valence-corrected chi connectivity index (χ1v) is 11.8. The third kappa shape index (κ3) is 4.45. The minimum absolute atomic E-state index is 0.223. The fourth-order valence-corrected chi connectivity index (χ4v) is 4.54. The summed E-state index contributed by atoms with van der Waals surface area (Å²) in [5, 5.41) is 11.1. The maximum atomic E-state index is 12.7. The minimum Gasteiger partial charge on any atom is -0.497 e. The van der Waals surface area contributed by atoms with Gasteiger partial charge in [-0.05, 0) is 66.2 Å². The molecule has 1 atom stereocenters. The fourth-order valence-electron chi connectivity index (χ4n) is 3.90. The summed E-state index contributed by atoms with van der Waals surface area (Å²) in [5.74, 6) is 1.18. The lowest BCUT2D eigenvalue weighted by Gasteiger charge is -2.10. The van der Waals surface area contributed by atoms with E-state index in [4.69, 9.17) is 13.9 Å². The Morgan fingerprint density at radius 1 is 1.09 bits per heavy atom. The third-order valence-electron chi connectivity index (χ3n) is 5.60. The Morgan fingerprint density at radius 3 is 2.68 bits per heavy atom. The number of aromatic nitrogens is 3. The van der Waals surface area contributed by atoms with Gasteiger partial charge >= 0.3 is 5.97 Å². The van der Waals surface area contributed by atoms with Gasteiger partial charge in [0.05, 0.1) is 12.0 Å². The second kappa shape index (κ2) is 9.52. The van der Waals surface area contributed by atoms with E-state index >= 15 is 0 Å². The fraction of sp³-hybridized carbons (Fsp3) is 0.192. The van der Waals surface area contributed by atoms with E-state index in [1.165, 1.54) is 11.3 Å². The highest BCUT2D eigenvalue weighted by atomic mass is 32.1. The van der Waals surface area contributed by atoms with Gasteiger partial charge in [-0.25, -0.2) is 0 Å². The number of hydrogen-bond donors (Lipinski definition) is 1. The van der Waals surface area contributed by atoms with Gasteiger partial charge in [0.15, 0.2) is 6.10 Å². The van der Waals surface area contributed by atoms with Crippen molar-refractivity contribution >= 4 is 28.2 Å². The Bertz CT molecular complexity index is 1400. The highest BCUT2D eigenvalue weighted by Gasteiger charge is 2.21. The molecule has 5 aromatic rings. The first-order chi connectivity index (χ1) is 16.6. The molecule has 0 aliphatic rings. The third-order valence-corrected chi connectivity index (χ3v) is 6.46. The van der Waals surface area contributed by atoms with Gasteiger partial charge in [-0.15, -0.1) is 21.5 Å². The van der Waals surface area contributed by atoms with E-state index in [9.17, 15) is 4.79 Å². The lowest BCUT2D eigenvalue weighted by Crippen LogP contribution is -2.10. The molecule has 0 aliphatic carbocycles. The number of carbonyl (C=O) groups excluding carboxylic acids is 1. The van der Waals surface area contributed by atoms with Crippen molar-refractivity contribution in [2.24, 2.45) is 0 Å². The van der Waals surface area contributed by atoms with E-state index < -0.39 is 6.10 Å². The molecule has 172 valence electrons. The van der Waals surface area contributed by atoms with Crippen molar-refractivity contribution in [3.05, 3.63) is 77.5 Å². The smallest absolute Gasteiger partial charge is 0.306 e. The summed E-state index contributed by atoms with van der Waals surface area (Å²) in [5.41, 5.74) is 4.11. The molecule has 3 aromatic heterocycles. The molecule has 0 aliphatic heterocycles. The number of aryl methyl sites for hydroxylation is 1. The van der Waals surface area contributed by atoms with Crippen molar-refractivity contribution in [2.75, 3.05) is 7.11 Å². The van der Waals surface area contributed by atoms with E-state index in [0.29, 0.717) is 12.3 Å². The number of aromatic amines is 1. The zero-order chi connectivity index (χ0) is 23.5. The van der Waals surface area contributed by atoms with E-state index in [1.54, 1.807) is 14.0 Å². The number of H-pyrrole nitrogens is 1. The highest BCUT2D eigenvalue weighted by molar-refractivity contribution is 7.13. The Kier molecular flexibility index (Phi) is 6.14. The second-order valence-corrected chi connectivity index (χ2v) is 8.76. The van der Waals surface area contributed by atoms with Crippen molar-refractivity contribution in [2.45, 2.75) is 25.9 Å². The molecule has 0 radical (unpaired) electrons. The van der Waals surface area contributed by atoms with Crippen LogP contribution in [0.2, 0.25) is 0 Å². The molecule has 2 aromatic carbocycles. The summed E-state index contributed by atoms with van der Waals surface area (Å²) in [6, 6.07) is 19.8. The molecule has 8 heteroatoms. The lowest BCUT2D eigenvalue weighted by molar-refractivity contribution is -0.149. The van der Waals surface area contributed by atoms with Crippen molar-refractivity contribution in [1.82, 2.24) is 15.2 Å². The standard InChI is InChI=1S/C26H23N3O4S/c1-16(25-28-29-26(33-25)22-8-5-15-34-22)32-23(30)14-13-20-19-6-3-4-7-21(19)27-24(20)17-9-11-18(31-2)12-10-17/h3-12,15-16,27H,13-14H2,1-2H3. The zero-order valence-corrected chi connectivity index (χ0v) is 19.6. The molecular formula is C26H23N3O4S. The minimum atomic E-state index is -0.627. The van der Waals surface area contributed by atoms with E-state index in [2.05, 4.69) is 21.2 Å². The molecule has 0 bridgehead atoms. The van der Waals surface area contributed by atoms with Crippen LogP contribution in [0.25, 0.3) is 32.9 Å². The van der Waals surface area contributed by atoms with Crippen molar-refractivity contribution in [3.8, 4) is 27.8 Å². The molecule has 7 nitrogen and oxygen atoms in total. The topological polar surface area (TPSA) is 90.2 Å². The van der Waals surface area contributed by atoms with Crippen molar-refractivity contribution in [1.29, 1.82) is 0 Å². The molecule has 1 unspecified atom stereocenters. The van der Waals surface area contributed by atoms with Gasteiger partial charge in [0.25, 0.3) is 11.8 Å². The first-order valence-electron chi connectivity index (χ1n) is 10.9. The van der Waals surface area contributed by atoms with Crippen LogP contribution in [0.3, 0.4) is 0 Å². The average Bonchev–Trinajstić information content (AvgIpc) is 3.62. The Labute approximate surface area is 200 Å². The van der Waals surface area contributed by atoms with Gasteiger partial charge in [0.2, 0.25) is 0 Å². The average molecular weight is 474 g/mol. The van der Waals surface area contributed by atoms with Crippen molar-refractivity contribution in [3.63, 3.8) is 0 Å². The summed E-state index contributed by atoms with van der Waals surface area (Å²) >= 11 is 1.51. The van der Waals surface area contributed by atoms with E-state index in [-0.39, 0.29) is 18.3 Å². The predicted octanol–water partition coefficient (Wildman–Crippen LogP) is 6.19. The number of benzene rings is 2. The molecule has 0 fully saturated rings. The van der Waals surface area contributed by atoms with Crippen LogP contribution in [0.4, 0.5) is 0 Å². The van der Waals surface area contributed by atoms with Gasteiger partial charge in [-0.3, -0.25) is 4.79 Å². The number of thiophene rings is 1. The van der Waals surface area contributed by atoms with Crippen LogP contribution in [0.5, 0.6) is 5.75 Å². The maximum absolute atomic E-state index is 12.7. The van der Waals surface area contributed by atoms with Gasteiger partial charge in [-0.2, -0.15) is 0 Å². The molecule has 3 heterocycles. The summed E-state index contributed by atoms with van der Waals surface area (Å²) in [7, 11) is 1.65. The Balaban J connectivity index is 1.31. The van der Waals surface area contributed by atoms with Crippen LogP contribution >= 0.6 is 11.3 Å². The quantitative estimate of drug-likeness (QED) is 0.270. The number of carbonyl (C=O) groups is 1. The number of ether oxygens (including phenoxy) is 2. The number of methoxy groups -OCH3 is 1. The zero-order valence-electron chi connectivity index (χ0n) is 18.8. The van der Waals surface area contributed by atoms with Gasteiger partial charge in [0, 0.05) is 23.0 Å². The molecule has 0 spiro atoms. The molecule has 34 heavy (non-hydrogen) atoms. The molecule has 0 saturated carbocycles. The van der Waals surface area contributed by atoms with Crippen LogP contribution in [0.15, 0.2) is 70.5 Å². The van der Waals surface area contributed by atoms with Gasteiger partial charge in [0.1, 0.15) is 5.75 Å². The van der Waals surface area contributed by atoms with Crippen LogP contribution in [0.1, 0.15) is 30.9 Å². The maximum Gasteiger partial charge on any atom is 0.306 e. The normalized spacial score (nSPS) is 12.1. The lowest BCUT2D eigenvalue weighted by atomic mass is 10.0. The number of para-hydroxylation sites is 1. The molecule has 0 saturated heterocycles. The van der Waals surface area contributed by atoms with Gasteiger partial charge in [-0.1, -0.05) is 24.3 Å². The summed E-state index contributed by atoms with van der Waals surface area (Å²) < 4.78 is 16.6. The molecule has 1 N–H and O–H groups in total.